The Bertz CT molecular complexity index is 631. The molecule has 0 aliphatic rings. The SMILES string of the molecule is CCNc1ncnc(Nc2ccc(Cl)c(Br)c2)c1C(C)C. The molecule has 1 aromatic carbocycles. The van der Waals surface area contributed by atoms with Gasteiger partial charge < -0.3 is 10.6 Å². The molecule has 21 heavy (non-hydrogen) atoms. The van der Waals surface area contributed by atoms with Gasteiger partial charge in [-0.25, -0.2) is 9.97 Å². The lowest BCUT2D eigenvalue weighted by molar-refractivity contribution is 0.849. The van der Waals surface area contributed by atoms with E-state index in [1.807, 2.05) is 18.2 Å². The Morgan fingerprint density at radius 2 is 1.95 bits per heavy atom. The third-order valence-corrected chi connectivity index (χ3v) is 4.20. The number of halogens is 2. The quantitative estimate of drug-likeness (QED) is 0.761. The summed E-state index contributed by atoms with van der Waals surface area (Å²) in [6.45, 7) is 7.13. The fourth-order valence-electron chi connectivity index (χ4n) is 2.06. The molecule has 0 fully saturated rings. The minimum absolute atomic E-state index is 0.304. The highest BCUT2D eigenvalue weighted by Crippen LogP contribution is 2.32. The van der Waals surface area contributed by atoms with Crippen LogP contribution in [-0.2, 0) is 0 Å². The summed E-state index contributed by atoms with van der Waals surface area (Å²) in [5.41, 5.74) is 2.00. The van der Waals surface area contributed by atoms with Gasteiger partial charge >= 0.3 is 0 Å². The second kappa shape index (κ2) is 7.09. The van der Waals surface area contributed by atoms with Crippen molar-refractivity contribution in [2.45, 2.75) is 26.7 Å². The zero-order valence-corrected chi connectivity index (χ0v) is 14.6. The average Bonchev–Trinajstić information content (AvgIpc) is 2.43. The molecule has 112 valence electrons. The van der Waals surface area contributed by atoms with Crippen LogP contribution in [0.3, 0.4) is 0 Å². The van der Waals surface area contributed by atoms with Crippen LogP contribution in [-0.4, -0.2) is 16.5 Å². The summed E-state index contributed by atoms with van der Waals surface area (Å²) >= 11 is 9.45. The average molecular weight is 370 g/mol. The Morgan fingerprint density at radius 1 is 1.24 bits per heavy atom. The maximum absolute atomic E-state index is 6.02. The van der Waals surface area contributed by atoms with Gasteiger partial charge in [-0.15, -0.1) is 0 Å². The number of nitrogens with one attached hydrogen (secondary N) is 2. The Hall–Kier alpha value is -1.33. The second-order valence-corrected chi connectivity index (χ2v) is 6.19. The molecular weight excluding hydrogens is 352 g/mol. The molecule has 0 radical (unpaired) electrons. The summed E-state index contributed by atoms with van der Waals surface area (Å²) in [5.74, 6) is 1.99. The smallest absolute Gasteiger partial charge is 0.139 e. The van der Waals surface area contributed by atoms with Crippen molar-refractivity contribution in [1.29, 1.82) is 0 Å². The Kier molecular flexibility index (Phi) is 5.42. The van der Waals surface area contributed by atoms with Gasteiger partial charge in [0.15, 0.2) is 0 Å². The van der Waals surface area contributed by atoms with Gasteiger partial charge in [-0.2, -0.15) is 0 Å². The van der Waals surface area contributed by atoms with Gasteiger partial charge in [0.25, 0.3) is 0 Å². The van der Waals surface area contributed by atoms with Crippen molar-refractivity contribution in [1.82, 2.24) is 9.97 Å². The van der Waals surface area contributed by atoms with Crippen LogP contribution in [0.5, 0.6) is 0 Å². The summed E-state index contributed by atoms with van der Waals surface area (Å²) in [6, 6.07) is 5.70. The highest BCUT2D eigenvalue weighted by atomic mass is 79.9. The van der Waals surface area contributed by atoms with Crippen LogP contribution in [0.4, 0.5) is 17.3 Å². The first-order valence-corrected chi connectivity index (χ1v) is 8.00. The van der Waals surface area contributed by atoms with Gasteiger partial charge in [-0.3, -0.25) is 0 Å². The van der Waals surface area contributed by atoms with E-state index in [-0.39, 0.29) is 0 Å². The minimum Gasteiger partial charge on any atom is -0.370 e. The normalized spacial score (nSPS) is 10.8. The zero-order valence-electron chi connectivity index (χ0n) is 12.2. The van der Waals surface area contributed by atoms with Crippen LogP contribution in [0, 0.1) is 0 Å². The Labute approximate surface area is 138 Å². The molecule has 0 unspecified atom stereocenters. The van der Waals surface area contributed by atoms with Crippen molar-refractivity contribution in [3.8, 4) is 0 Å². The van der Waals surface area contributed by atoms with E-state index in [1.54, 1.807) is 6.33 Å². The number of hydrogen-bond acceptors (Lipinski definition) is 4. The van der Waals surface area contributed by atoms with Crippen molar-refractivity contribution < 1.29 is 0 Å². The van der Waals surface area contributed by atoms with E-state index in [0.717, 1.165) is 33.9 Å². The van der Waals surface area contributed by atoms with Crippen LogP contribution < -0.4 is 10.6 Å². The molecule has 2 aromatic rings. The molecule has 0 saturated heterocycles. The number of aromatic nitrogens is 2. The summed E-state index contributed by atoms with van der Waals surface area (Å²) in [7, 11) is 0. The Balaban J connectivity index is 2.38. The van der Waals surface area contributed by atoms with Crippen molar-refractivity contribution in [2.24, 2.45) is 0 Å². The standard InChI is InChI=1S/C15H18BrClN4/c1-4-18-14-13(9(2)3)15(20-8-19-14)21-10-5-6-12(17)11(16)7-10/h5-9H,4H2,1-3H3,(H2,18,19,20,21). The molecule has 6 heteroatoms. The van der Waals surface area contributed by atoms with Gasteiger partial charge in [-0.1, -0.05) is 25.4 Å². The van der Waals surface area contributed by atoms with Crippen molar-refractivity contribution >= 4 is 44.9 Å². The molecule has 0 aliphatic carbocycles. The first-order chi connectivity index (χ1) is 10.0. The summed E-state index contributed by atoms with van der Waals surface area (Å²) < 4.78 is 0.848. The molecule has 0 bridgehead atoms. The summed E-state index contributed by atoms with van der Waals surface area (Å²) in [6.07, 6.45) is 1.57. The van der Waals surface area contributed by atoms with E-state index in [4.69, 9.17) is 11.6 Å². The molecule has 0 amide bonds. The lowest BCUT2D eigenvalue weighted by atomic mass is 10.0. The third kappa shape index (κ3) is 3.86. The lowest BCUT2D eigenvalue weighted by Crippen LogP contribution is -2.09. The number of nitrogens with zero attached hydrogens (tertiary/aromatic N) is 2. The monoisotopic (exact) mass is 368 g/mol. The molecule has 2 rings (SSSR count). The third-order valence-electron chi connectivity index (χ3n) is 2.99. The number of rotatable bonds is 5. The second-order valence-electron chi connectivity index (χ2n) is 4.92. The van der Waals surface area contributed by atoms with E-state index < -0.39 is 0 Å². The van der Waals surface area contributed by atoms with E-state index >= 15 is 0 Å². The van der Waals surface area contributed by atoms with E-state index in [9.17, 15) is 0 Å². The van der Waals surface area contributed by atoms with Gasteiger partial charge in [0.2, 0.25) is 0 Å². The summed E-state index contributed by atoms with van der Waals surface area (Å²) in [5, 5.41) is 7.30. The van der Waals surface area contributed by atoms with Crippen LogP contribution in [0.15, 0.2) is 29.0 Å². The molecule has 2 N–H and O–H groups in total. The maximum Gasteiger partial charge on any atom is 0.139 e. The number of anilines is 3. The first-order valence-electron chi connectivity index (χ1n) is 6.83. The predicted molar refractivity (Wildman–Crippen MR) is 92.7 cm³/mol. The predicted octanol–water partition coefficient (Wildman–Crippen LogP) is 5.19. The molecule has 0 saturated carbocycles. The highest BCUT2D eigenvalue weighted by Gasteiger charge is 2.15. The van der Waals surface area contributed by atoms with Crippen molar-refractivity contribution in [3.63, 3.8) is 0 Å². The van der Waals surface area contributed by atoms with E-state index in [0.29, 0.717) is 10.9 Å². The van der Waals surface area contributed by atoms with Crippen molar-refractivity contribution in [3.05, 3.63) is 39.6 Å². The zero-order chi connectivity index (χ0) is 15.4. The lowest BCUT2D eigenvalue weighted by Gasteiger charge is -2.17. The molecular formula is C15H18BrClN4. The van der Waals surface area contributed by atoms with E-state index in [2.05, 4.69) is 57.3 Å². The number of hydrogen-bond donors (Lipinski definition) is 2. The van der Waals surface area contributed by atoms with Crippen molar-refractivity contribution in [2.75, 3.05) is 17.2 Å². The highest BCUT2D eigenvalue weighted by molar-refractivity contribution is 9.10. The van der Waals surface area contributed by atoms with Gasteiger partial charge in [0.05, 0.1) is 5.02 Å². The molecule has 1 heterocycles. The summed E-state index contributed by atoms with van der Waals surface area (Å²) in [4.78, 5) is 8.71. The van der Waals surface area contributed by atoms with Crippen LogP contribution in [0.2, 0.25) is 5.02 Å². The first kappa shape index (κ1) is 16.0. The van der Waals surface area contributed by atoms with Crippen LogP contribution in [0.1, 0.15) is 32.3 Å². The van der Waals surface area contributed by atoms with E-state index in [1.165, 1.54) is 0 Å². The maximum atomic E-state index is 6.02. The van der Waals surface area contributed by atoms with Crippen LogP contribution in [0.25, 0.3) is 0 Å². The van der Waals surface area contributed by atoms with Gasteiger partial charge in [0, 0.05) is 22.3 Å². The fourth-order valence-corrected chi connectivity index (χ4v) is 2.56. The topological polar surface area (TPSA) is 49.8 Å². The fraction of sp³-hybridized carbons (Fsp3) is 0.333. The Morgan fingerprint density at radius 3 is 2.57 bits per heavy atom. The van der Waals surface area contributed by atoms with Gasteiger partial charge in [-0.05, 0) is 47.0 Å². The molecule has 4 nitrogen and oxygen atoms in total. The minimum atomic E-state index is 0.304. The number of benzene rings is 1. The molecule has 0 spiro atoms. The molecule has 1 aromatic heterocycles. The molecule has 0 atom stereocenters. The largest absolute Gasteiger partial charge is 0.370 e. The molecule has 0 aliphatic heterocycles. The van der Waals surface area contributed by atoms with Crippen LogP contribution >= 0.6 is 27.5 Å². The van der Waals surface area contributed by atoms with Gasteiger partial charge in [0.1, 0.15) is 18.0 Å².